The van der Waals surface area contributed by atoms with E-state index in [-0.39, 0.29) is 11.9 Å². The monoisotopic (exact) mass is 302 g/mol. The molecule has 5 nitrogen and oxygen atoms in total. The second kappa shape index (κ2) is 5.81. The van der Waals surface area contributed by atoms with Crippen LogP contribution in [0.15, 0.2) is 23.8 Å². The number of thiophene rings is 1. The first-order valence-corrected chi connectivity index (χ1v) is 7.93. The van der Waals surface area contributed by atoms with Gasteiger partial charge in [0.25, 0.3) is 5.91 Å². The molecule has 1 fully saturated rings. The number of nitrogens with zero attached hydrogens (tertiary/aromatic N) is 3. The van der Waals surface area contributed by atoms with E-state index in [9.17, 15) is 4.79 Å². The van der Waals surface area contributed by atoms with E-state index in [2.05, 4.69) is 15.3 Å². The zero-order chi connectivity index (χ0) is 14.8. The smallest absolute Gasteiger partial charge is 0.264 e. The van der Waals surface area contributed by atoms with E-state index >= 15 is 0 Å². The Kier molecular flexibility index (Phi) is 3.88. The highest BCUT2D eigenvalue weighted by molar-refractivity contribution is 7.12. The Morgan fingerprint density at radius 1 is 1.48 bits per heavy atom. The summed E-state index contributed by atoms with van der Waals surface area (Å²) in [5, 5.41) is 4.96. The highest BCUT2D eigenvalue weighted by Crippen LogP contribution is 2.33. The molecule has 0 bridgehead atoms. The van der Waals surface area contributed by atoms with E-state index in [0.717, 1.165) is 41.3 Å². The third kappa shape index (κ3) is 2.63. The van der Waals surface area contributed by atoms with E-state index in [1.54, 1.807) is 12.4 Å². The molecule has 0 spiro atoms. The van der Waals surface area contributed by atoms with E-state index in [0.29, 0.717) is 0 Å². The van der Waals surface area contributed by atoms with Crippen LogP contribution < -0.4 is 5.32 Å². The molecule has 0 saturated carbocycles. The van der Waals surface area contributed by atoms with Gasteiger partial charge in [-0.2, -0.15) is 0 Å². The van der Waals surface area contributed by atoms with Gasteiger partial charge in [0.15, 0.2) is 0 Å². The van der Waals surface area contributed by atoms with E-state index in [4.69, 9.17) is 0 Å². The van der Waals surface area contributed by atoms with Crippen molar-refractivity contribution >= 4 is 23.1 Å². The van der Waals surface area contributed by atoms with Crippen molar-refractivity contribution in [2.45, 2.75) is 25.8 Å². The molecule has 1 aliphatic heterocycles. The summed E-state index contributed by atoms with van der Waals surface area (Å²) in [6, 6.07) is 2.02. The lowest BCUT2D eigenvalue weighted by atomic mass is 10.1. The maximum atomic E-state index is 12.7. The van der Waals surface area contributed by atoms with Crippen LogP contribution in [0.4, 0.5) is 5.82 Å². The molecule has 1 aliphatic rings. The molecule has 0 radical (unpaired) electrons. The van der Waals surface area contributed by atoms with Crippen LogP contribution in [0.1, 0.15) is 39.8 Å². The number of rotatable bonds is 3. The normalized spacial score (nSPS) is 18.0. The first-order valence-electron chi connectivity index (χ1n) is 7.05. The van der Waals surface area contributed by atoms with Gasteiger partial charge in [0.1, 0.15) is 5.82 Å². The summed E-state index contributed by atoms with van der Waals surface area (Å²) < 4.78 is 0. The minimum Gasteiger partial charge on any atom is -0.372 e. The van der Waals surface area contributed by atoms with Crippen molar-refractivity contribution in [2.75, 3.05) is 18.9 Å². The number of anilines is 1. The molecule has 1 amide bonds. The maximum Gasteiger partial charge on any atom is 0.264 e. The van der Waals surface area contributed by atoms with Gasteiger partial charge in [-0.1, -0.05) is 0 Å². The topological polar surface area (TPSA) is 58.1 Å². The van der Waals surface area contributed by atoms with Crippen LogP contribution >= 0.6 is 11.3 Å². The summed E-state index contributed by atoms with van der Waals surface area (Å²) in [5.74, 6) is 0.848. The van der Waals surface area contributed by atoms with Gasteiger partial charge in [0.2, 0.25) is 0 Å². The Balaban J connectivity index is 1.88. The van der Waals surface area contributed by atoms with Crippen molar-refractivity contribution in [2.24, 2.45) is 0 Å². The van der Waals surface area contributed by atoms with Gasteiger partial charge in [-0.3, -0.25) is 9.78 Å². The second-order valence-corrected chi connectivity index (χ2v) is 6.08. The predicted molar refractivity (Wildman–Crippen MR) is 83.6 cm³/mol. The number of hydrogen-bond donors (Lipinski definition) is 1. The van der Waals surface area contributed by atoms with Gasteiger partial charge >= 0.3 is 0 Å². The number of carbonyl (C=O) groups is 1. The molecule has 3 rings (SSSR count). The molecule has 0 aliphatic carbocycles. The molecular formula is C15H18N4OS. The predicted octanol–water partition coefficient (Wildman–Crippen LogP) is 2.87. The van der Waals surface area contributed by atoms with Crippen LogP contribution in [0.2, 0.25) is 0 Å². The van der Waals surface area contributed by atoms with E-state index in [1.165, 1.54) is 11.3 Å². The van der Waals surface area contributed by atoms with Crippen molar-refractivity contribution in [1.82, 2.24) is 14.9 Å². The highest BCUT2D eigenvalue weighted by Gasteiger charge is 2.32. The second-order valence-electron chi connectivity index (χ2n) is 5.17. The lowest BCUT2D eigenvalue weighted by Gasteiger charge is -2.24. The first kappa shape index (κ1) is 14.0. The van der Waals surface area contributed by atoms with E-state index in [1.807, 2.05) is 30.3 Å². The standard InChI is InChI=1S/C15H18N4OS/c1-10-5-7-21-14(10)15(20)19-6-3-4-12(19)11-8-17-9-13(16-2)18-11/h5,7-9,12H,3-4,6H2,1-2H3,(H,16,18)/t12-/m0/s1. The molecule has 6 heteroatoms. The van der Waals surface area contributed by atoms with Crippen LogP contribution in [0, 0.1) is 6.92 Å². The fourth-order valence-electron chi connectivity index (χ4n) is 2.70. The van der Waals surface area contributed by atoms with Gasteiger partial charge in [-0.25, -0.2) is 4.98 Å². The molecule has 21 heavy (non-hydrogen) atoms. The Bertz CT molecular complexity index is 655. The SMILES string of the molecule is CNc1cncc([C@@H]2CCCN2C(=O)c2sccc2C)n1. The zero-order valence-corrected chi connectivity index (χ0v) is 13.0. The van der Waals surface area contributed by atoms with Gasteiger partial charge in [0, 0.05) is 13.6 Å². The molecule has 110 valence electrons. The zero-order valence-electron chi connectivity index (χ0n) is 12.2. The van der Waals surface area contributed by atoms with Crippen LogP contribution in [0.25, 0.3) is 0 Å². The maximum absolute atomic E-state index is 12.7. The minimum atomic E-state index is 0.0276. The number of aromatic nitrogens is 2. The van der Waals surface area contributed by atoms with Crippen molar-refractivity contribution in [3.63, 3.8) is 0 Å². The average Bonchev–Trinajstić information content (AvgIpc) is 3.15. The average molecular weight is 302 g/mol. The van der Waals surface area contributed by atoms with Crippen LogP contribution in [0.5, 0.6) is 0 Å². The number of hydrogen-bond acceptors (Lipinski definition) is 5. The molecule has 1 N–H and O–H groups in total. The van der Waals surface area contributed by atoms with Gasteiger partial charge in [0.05, 0.1) is 29.0 Å². The summed E-state index contributed by atoms with van der Waals surface area (Å²) in [5.41, 5.74) is 1.91. The van der Waals surface area contributed by atoms with E-state index < -0.39 is 0 Å². The van der Waals surface area contributed by atoms with Crippen LogP contribution in [-0.4, -0.2) is 34.4 Å². The van der Waals surface area contributed by atoms with Gasteiger partial charge in [-0.05, 0) is 36.8 Å². The number of amides is 1. The minimum absolute atomic E-state index is 0.0276. The number of likely N-dealkylation sites (tertiary alicyclic amines) is 1. The molecule has 1 atom stereocenters. The van der Waals surface area contributed by atoms with Crippen LogP contribution in [0.3, 0.4) is 0 Å². The molecule has 0 aromatic carbocycles. The van der Waals surface area contributed by atoms with Crippen molar-refractivity contribution in [3.8, 4) is 0 Å². The Labute approximate surface area is 128 Å². The fourth-order valence-corrected chi connectivity index (χ4v) is 3.58. The molecular weight excluding hydrogens is 284 g/mol. The van der Waals surface area contributed by atoms with Gasteiger partial charge < -0.3 is 10.2 Å². The summed E-state index contributed by atoms with van der Waals surface area (Å²) >= 11 is 1.51. The molecule has 1 saturated heterocycles. The molecule has 0 unspecified atom stereocenters. The third-order valence-corrected chi connectivity index (χ3v) is 4.83. The lowest BCUT2D eigenvalue weighted by Crippen LogP contribution is -2.31. The molecule has 3 heterocycles. The number of carbonyl (C=O) groups excluding carboxylic acids is 1. The lowest BCUT2D eigenvalue weighted by molar-refractivity contribution is 0.0737. The third-order valence-electron chi connectivity index (χ3n) is 3.82. The Hall–Kier alpha value is -1.95. The van der Waals surface area contributed by atoms with Crippen LogP contribution in [-0.2, 0) is 0 Å². The van der Waals surface area contributed by atoms with Crippen molar-refractivity contribution in [1.29, 1.82) is 0 Å². The fraction of sp³-hybridized carbons (Fsp3) is 0.400. The summed E-state index contributed by atoms with van der Waals surface area (Å²) in [6.07, 6.45) is 5.40. The first-order chi connectivity index (χ1) is 10.2. The van der Waals surface area contributed by atoms with Gasteiger partial charge in [-0.15, -0.1) is 11.3 Å². The Morgan fingerprint density at radius 2 is 2.33 bits per heavy atom. The molecule has 2 aromatic heterocycles. The summed E-state index contributed by atoms with van der Waals surface area (Å²) in [6.45, 7) is 2.77. The van der Waals surface area contributed by atoms with Crippen molar-refractivity contribution < 1.29 is 4.79 Å². The highest BCUT2D eigenvalue weighted by atomic mass is 32.1. The Morgan fingerprint density at radius 3 is 3.05 bits per heavy atom. The van der Waals surface area contributed by atoms with Crippen molar-refractivity contribution in [3.05, 3.63) is 40.0 Å². The quantitative estimate of drug-likeness (QED) is 0.947. The molecule has 2 aromatic rings. The largest absolute Gasteiger partial charge is 0.372 e. The summed E-state index contributed by atoms with van der Waals surface area (Å²) in [4.78, 5) is 24.3. The number of nitrogens with one attached hydrogen (secondary N) is 1. The number of aryl methyl sites for hydroxylation is 1. The summed E-state index contributed by atoms with van der Waals surface area (Å²) in [7, 11) is 1.82.